The lowest BCUT2D eigenvalue weighted by atomic mass is 10.1. The van der Waals surface area contributed by atoms with Crippen LogP contribution < -0.4 is 10.5 Å². The van der Waals surface area contributed by atoms with Gasteiger partial charge in [-0.1, -0.05) is 22.0 Å². The fourth-order valence-electron chi connectivity index (χ4n) is 1.99. The van der Waals surface area contributed by atoms with Gasteiger partial charge in [0.15, 0.2) is 0 Å². The molecule has 0 saturated carbocycles. The van der Waals surface area contributed by atoms with E-state index >= 15 is 0 Å². The van der Waals surface area contributed by atoms with Gasteiger partial charge in [-0.3, -0.25) is 0 Å². The maximum atomic E-state index is 13.2. The fourth-order valence-corrected chi connectivity index (χ4v) is 2.82. The summed E-state index contributed by atoms with van der Waals surface area (Å²) in [5.41, 5.74) is 7.83. The second kappa shape index (κ2) is 7.38. The summed E-state index contributed by atoms with van der Waals surface area (Å²) >= 11 is 6.63. The van der Waals surface area contributed by atoms with E-state index in [9.17, 15) is 4.39 Å². The minimum atomic E-state index is -0.278. The summed E-state index contributed by atoms with van der Waals surface area (Å²) < 4.78 is 20.5. The molecular weight excluding hydrogens is 401 g/mol. The molecule has 0 heterocycles. The van der Waals surface area contributed by atoms with Crippen molar-refractivity contribution in [3.05, 3.63) is 62.3 Å². The van der Waals surface area contributed by atoms with Crippen LogP contribution in [0.3, 0.4) is 0 Å². The summed E-state index contributed by atoms with van der Waals surface area (Å²) in [4.78, 5) is 0. The van der Waals surface area contributed by atoms with Gasteiger partial charge in [-0.15, -0.1) is 0 Å². The Balaban J connectivity index is 2.13. The molecule has 0 aliphatic rings. The first kappa shape index (κ1) is 16.5. The molecule has 0 aliphatic carbocycles. The lowest BCUT2D eigenvalue weighted by Crippen LogP contribution is -2.18. The lowest BCUT2D eigenvalue weighted by Gasteiger charge is -2.14. The van der Waals surface area contributed by atoms with Crippen LogP contribution in [0.1, 0.15) is 18.1 Å². The predicted molar refractivity (Wildman–Crippen MR) is 89.9 cm³/mol. The van der Waals surface area contributed by atoms with E-state index in [2.05, 4.69) is 31.9 Å². The largest absolute Gasteiger partial charge is 0.489 e. The third-order valence-corrected chi connectivity index (χ3v) is 4.04. The van der Waals surface area contributed by atoms with Gasteiger partial charge in [-0.2, -0.15) is 0 Å². The van der Waals surface area contributed by atoms with Crippen LogP contribution in [0.15, 0.2) is 45.3 Å². The molecule has 0 fully saturated rings. The van der Waals surface area contributed by atoms with Crippen molar-refractivity contribution in [2.75, 3.05) is 0 Å². The first-order chi connectivity index (χ1) is 9.95. The SMILES string of the molecule is CC(N)Cc1cc(Br)ccc1OCc1ccc(F)c(Br)c1. The van der Waals surface area contributed by atoms with Gasteiger partial charge < -0.3 is 10.5 Å². The van der Waals surface area contributed by atoms with Gasteiger partial charge in [-0.05, 0) is 70.7 Å². The molecular formula is C16H16Br2FNO. The number of benzene rings is 2. The summed E-state index contributed by atoms with van der Waals surface area (Å²) in [6, 6.07) is 10.8. The zero-order chi connectivity index (χ0) is 15.4. The Hall–Kier alpha value is -0.910. The second-order valence-electron chi connectivity index (χ2n) is 4.97. The molecule has 2 nitrogen and oxygen atoms in total. The predicted octanol–water partition coefficient (Wildman–Crippen LogP) is 4.82. The Morgan fingerprint density at radius 1 is 1.19 bits per heavy atom. The van der Waals surface area contributed by atoms with Crippen molar-refractivity contribution in [3.63, 3.8) is 0 Å². The standard InChI is InChI=1S/C16H16Br2FNO/c1-10(20)6-12-8-13(17)3-5-16(12)21-9-11-2-4-15(19)14(18)7-11/h2-5,7-8,10H,6,9,20H2,1H3. The zero-order valence-electron chi connectivity index (χ0n) is 11.6. The highest BCUT2D eigenvalue weighted by molar-refractivity contribution is 9.10. The molecule has 1 atom stereocenters. The number of ether oxygens (including phenoxy) is 1. The van der Waals surface area contributed by atoms with Crippen molar-refractivity contribution in [2.45, 2.75) is 26.0 Å². The van der Waals surface area contributed by atoms with Crippen molar-refractivity contribution in [3.8, 4) is 5.75 Å². The summed E-state index contributed by atoms with van der Waals surface area (Å²) in [7, 11) is 0. The van der Waals surface area contributed by atoms with Gasteiger partial charge in [0.25, 0.3) is 0 Å². The molecule has 1 unspecified atom stereocenters. The highest BCUT2D eigenvalue weighted by Crippen LogP contribution is 2.26. The average Bonchev–Trinajstić information content (AvgIpc) is 2.41. The molecule has 0 bridgehead atoms. The molecule has 0 radical (unpaired) electrons. The molecule has 0 aromatic heterocycles. The monoisotopic (exact) mass is 415 g/mol. The quantitative estimate of drug-likeness (QED) is 0.758. The molecule has 21 heavy (non-hydrogen) atoms. The van der Waals surface area contributed by atoms with Crippen molar-refractivity contribution in [1.29, 1.82) is 0 Å². The number of hydrogen-bond donors (Lipinski definition) is 1. The maximum Gasteiger partial charge on any atom is 0.137 e. The molecule has 112 valence electrons. The van der Waals surface area contributed by atoms with Gasteiger partial charge >= 0.3 is 0 Å². The van der Waals surface area contributed by atoms with Crippen LogP contribution in [-0.2, 0) is 13.0 Å². The van der Waals surface area contributed by atoms with Crippen molar-refractivity contribution >= 4 is 31.9 Å². The van der Waals surface area contributed by atoms with Crippen molar-refractivity contribution in [1.82, 2.24) is 0 Å². The Labute approximate surface area is 140 Å². The van der Waals surface area contributed by atoms with E-state index in [-0.39, 0.29) is 11.9 Å². The highest BCUT2D eigenvalue weighted by Gasteiger charge is 2.08. The maximum absolute atomic E-state index is 13.2. The lowest BCUT2D eigenvalue weighted by molar-refractivity contribution is 0.302. The number of halogens is 3. The van der Waals surface area contributed by atoms with Gasteiger partial charge in [0.1, 0.15) is 18.2 Å². The average molecular weight is 417 g/mol. The van der Waals surface area contributed by atoms with Gasteiger partial charge in [0, 0.05) is 10.5 Å². The van der Waals surface area contributed by atoms with E-state index in [1.807, 2.05) is 25.1 Å². The Morgan fingerprint density at radius 2 is 1.95 bits per heavy atom. The summed E-state index contributed by atoms with van der Waals surface area (Å²) in [6.45, 7) is 2.34. The van der Waals surface area contributed by atoms with E-state index in [0.717, 1.165) is 27.8 Å². The Morgan fingerprint density at radius 3 is 2.62 bits per heavy atom. The van der Waals surface area contributed by atoms with E-state index in [0.29, 0.717) is 11.1 Å². The second-order valence-corrected chi connectivity index (χ2v) is 6.74. The molecule has 2 aromatic carbocycles. The Kier molecular flexibility index (Phi) is 5.79. The van der Waals surface area contributed by atoms with E-state index in [1.165, 1.54) is 6.07 Å². The van der Waals surface area contributed by atoms with E-state index in [1.54, 1.807) is 12.1 Å². The third kappa shape index (κ3) is 4.80. The molecule has 2 aromatic rings. The first-order valence-electron chi connectivity index (χ1n) is 6.56. The number of hydrogen-bond acceptors (Lipinski definition) is 2. The highest BCUT2D eigenvalue weighted by atomic mass is 79.9. The third-order valence-electron chi connectivity index (χ3n) is 2.94. The molecule has 0 spiro atoms. The minimum Gasteiger partial charge on any atom is -0.489 e. The van der Waals surface area contributed by atoms with Crippen LogP contribution in [-0.4, -0.2) is 6.04 Å². The molecule has 0 amide bonds. The van der Waals surface area contributed by atoms with Crippen molar-refractivity contribution in [2.24, 2.45) is 5.73 Å². The molecule has 5 heteroatoms. The van der Waals surface area contributed by atoms with Crippen LogP contribution in [0.5, 0.6) is 5.75 Å². The van der Waals surface area contributed by atoms with Crippen molar-refractivity contribution < 1.29 is 9.13 Å². The van der Waals surface area contributed by atoms with Crippen LogP contribution in [0.25, 0.3) is 0 Å². The normalized spacial score (nSPS) is 12.2. The zero-order valence-corrected chi connectivity index (χ0v) is 14.7. The number of rotatable bonds is 5. The molecule has 0 aliphatic heterocycles. The summed E-state index contributed by atoms with van der Waals surface area (Å²) in [6.07, 6.45) is 0.738. The molecule has 2 N–H and O–H groups in total. The number of nitrogens with two attached hydrogens (primary N) is 1. The smallest absolute Gasteiger partial charge is 0.137 e. The van der Waals surface area contributed by atoms with E-state index in [4.69, 9.17) is 10.5 Å². The molecule has 0 saturated heterocycles. The topological polar surface area (TPSA) is 35.2 Å². The minimum absolute atomic E-state index is 0.0571. The Bertz CT molecular complexity index is 632. The van der Waals surface area contributed by atoms with Gasteiger partial charge in [0.05, 0.1) is 4.47 Å². The fraction of sp³-hybridized carbons (Fsp3) is 0.250. The van der Waals surface area contributed by atoms with Crippen LogP contribution in [0, 0.1) is 5.82 Å². The summed E-state index contributed by atoms with van der Waals surface area (Å²) in [5.74, 6) is 0.524. The van der Waals surface area contributed by atoms with Gasteiger partial charge in [-0.25, -0.2) is 4.39 Å². The van der Waals surface area contributed by atoms with E-state index < -0.39 is 0 Å². The molecule has 2 rings (SSSR count). The van der Waals surface area contributed by atoms with Crippen LogP contribution >= 0.6 is 31.9 Å². The van der Waals surface area contributed by atoms with Gasteiger partial charge in [0.2, 0.25) is 0 Å². The van der Waals surface area contributed by atoms with Crippen LogP contribution in [0.2, 0.25) is 0 Å². The first-order valence-corrected chi connectivity index (χ1v) is 8.15. The van der Waals surface area contributed by atoms with Crippen LogP contribution in [0.4, 0.5) is 4.39 Å². The summed E-state index contributed by atoms with van der Waals surface area (Å²) in [5, 5.41) is 0.